The number of anilines is 2. The third kappa shape index (κ3) is 2.29. The molecule has 1 aromatic heterocycles. The number of hydrogen-bond donors (Lipinski definition) is 2. The lowest BCUT2D eigenvalue weighted by molar-refractivity contribution is 0.751. The van der Waals surface area contributed by atoms with Gasteiger partial charge in [-0.3, -0.25) is 0 Å². The van der Waals surface area contributed by atoms with Gasteiger partial charge in [-0.2, -0.15) is 0 Å². The summed E-state index contributed by atoms with van der Waals surface area (Å²) in [7, 11) is 0. The Balaban J connectivity index is 2.07. The minimum absolute atomic E-state index is 0.450. The molecule has 1 aliphatic rings. The van der Waals surface area contributed by atoms with Crippen LogP contribution in [0, 0.1) is 0 Å². The number of aromatic nitrogens is 1. The lowest BCUT2D eigenvalue weighted by Gasteiger charge is -2.12. The summed E-state index contributed by atoms with van der Waals surface area (Å²) in [6, 6.07) is 4.02. The molecule has 0 aromatic carbocycles. The van der Waals surface area contributed by atoms with Crippen molar-refractivity contribution in [2.24, 2.45) is 0 Å². The summed E-state index contributed by atoms with van der Waals surface area (Å²) in [5.74, 6) is 0.793. The molecular formula is C10H14ClN3. The van der Waals surface area contributed by atoms with Crippen LogP contribution in [0.3, 0.4) is 0 Å². The van der Waals surface area contributed by atoms with Crippen LogP contribution in [0.4, 0.5) is 11.5 Å². The van der Waals surface area contributed by atoms with Gasteiger partial charge in [-0.1, -0.05) is 24.4 Å². The van der Waals surface area contributed by atoms with Gasteiger partial charge in [0.2, 0.25) is 0 Å². The molecule has 0 bridgehead atoms. The Labute approximate surface area is 88.7 Å². The lowest BCUT2D eigenvalue weighted by atomic mass is 10.2. The average Bonchev–Trinajstić information content (AvgIpc) is 2.54. The minimum Gasteiger partial charge on any atom is -0.399 e. The number of nitrogen functional groups attached to an aromatic ring is 1. The van der Waals surface area contributed by atoms with Crippen LogP contribution >= 0.6 is 11.6 Å². The zero-order chi connectivity index (χ0) is 9.97. The maximum Gasteiger partial charge on any atom is 0.133 e. The summed E-state index contributed by atoms with van der Waals surface area (Å²) in [6.07, 6.45) is 5.03. The van der Waals surface area contributed by atoms with Crippen molar-refractivity contribution in [2.75, 3.05) is 11.1 Å². The quantitative estimate of drug-likeness (QED) is 0.740. The van der Waals surface area contributed by atoms with Crippen molar-refractivity contribution < 1.29 is 0 Å². The first-order valence-corrected chi connectivity index (χ1v) is 5.31. The largest absolute Gasteiger partial charge is 0.399 e. The van der Waals surface area contributed by atoms with Crippen LogP contribution < -0.4 is 11.1 Å². The zero-order valence-electron chi connectivity index (χ0n) is 7.96. The fourth-order valence-corrected chi connectivity index (χ4v) is 2.09. The topological polar surface area (TPSA) is 50.9 Å². The van der Waals surface area contributed by atoms with Crippen molar-refractivity contribution in [2.45, 2.75) is 31.7 Å². The maximum atomic E-state index is 5.80. The lowest BCUT2D eigenvalue weighted by Crippen LogP contribution is -2.15. The summed E-state index contributed by atoms with van der Waals surface area (Å²) < 4.78 is 0. The third-order valence-corrected chi connectivity index (χ3v) is 2.72. The van der Waals surface area contributed by atoms with E-state index in [0.717, 1.165) is 5.82 Å². The van der Waals surface area contributed by atoms with Gasteiger partial charge in [-0.25, -0.2) is 4.98 Å². The molecule has 1 aromatic rings. The number of rotatable bonds is 2. The molecule has 0 unspecified atom stereocenters. The molecule has 2 rings (SSSR count). The molecule has 76 valence electrons. The monoisotopic (exact) mass is 211 g/mol. The van der Waals surface area contributed by atoms with Crippen molar-refractivity contribution in [3.63, 3.8) is 0 Å². The van der Waals surface area contributed by atoms with Gasteiger partial charge in [-0.15, -0.1) is 0 Å². The predicted molar refractivity (Wildman–Crippen MR) is 59.5 cm³/mol. The van der Waals surface area contributed by atoms with Crippen LogP contribution in [0.15, 0.2) is 12.1 Å². The molecule has 3 nitrogen and oxygen atoms in total. The Morgan fingerprint density at radius 2 is 2.07 bits per heavy atom. The van der Waals surface area contributed by atoms with E-state index >= 15 is 0 Å². The van der Waals surface area contributed by atoms with Gasteiger partial charge >= 0.3 is 0 Å². The first-order valence-electron chi connectivity index (χ1n) is 4.93. The van der Waals surface area contributed by atoms with Gasteiger partial charge in [-0.05, 0) is 18.9 Å². The number of pyridine rings is 1. The van der Waals surface area contributed by atoms with Gasteiger partial charge in [0.1, 0.15) is 11.0 Å². The molecule has 14 heavy (non-hydrogen) atoms. The summed E-state index contributed by atoms with van der Waals surface area (Å²) in [5.41, 5.74) is 6.33. The number of nitrogens with two attached hydrogens (primary N) is 1. The SMILES string of the molecule is Nc1cc(Cl)nc(NC2CCCC2)c1. The fourth-order valence-electron chi connectivity index (χ4n) is 1.87. The normalized spacial score (nSPS) is 17.2. The van der Waals surface area contributed by atoms with E-state index in [-0.39, 0.29) is 0 Å². The van der Waals surface area contributed by atoms with Gasteiger partial charge in [0.05, 0.1) is 0 Å². The standard InChI is InChI=1S/C10H14ClN3/c11-9-5-7(12)6-10(14-9)13-8-3-1-2-4-8/h5-6,8H,1-4H2,(H3,12,13,14). The molecule has 0 atom stereocenters. The molecule has 4 heteroatoms. The highest BCUT2D eigenvalue weighted by molar-refractivity contribution is 6.29. The number of hydrogen-bond acceptors (Lipinski definition) is 3. The Kier molecular flexibility index (Phi) is 2.77. The van der Waals surface area contributed by atoms with Crippen molar-refractivity contribution in [1.82, 2.24) is 4.98 Å². The van der Waals surface area contributed by atoms with Crippen LogP contribution in [0.25, 0.3) is 0 Å². The van der Waals surface area contributed by atoms with Crippen LogP contribution in [0.1, 0.15) is 25.7 Å². The van der Waals surface area contributed by atoms with Gasteiger partial charge in [0.15, 0.2) is 0 Å². The first kappa shape index (κ1) is 9.59. The second-order valence-electron chi connectivity index (χ2n) is 3.73. The second kappa shape index (κ2) is 4.05. The van der Waals surface area contributed by atoms with Crippen LogP contribution in [-0.2, 0) is 0 Å². The average molecular weight is 212 g/mol. The Bertz CT molecular complexity index is 301. The van der Waals surface area contributed by atoms with E-state index in [1.807, 2.05) is 6.07 Å². The molecule has 1 aliphatic carbocycles. The van der Waals surface area contributed by atoms with E-state index in [0.29, 0.717) is 16.9 Å². The highest BCUT2D eigenvalue weighted by Gasteiger charge is 2.15. The van der Waals surface area contributed by atoms with E-state index in [1.165, 1.54) is 25.7 Å². The van der Waals surface area contributed by atoms with Crippen LogP contribution in [0.2, 0.25) is 5.15 Å². The highest BCUT2D eigenvalue weighted by Crippen LogP contribution is 2.23. The third-order valence-electron chi connectivity index (χ3n) is 2.52. The fraction of sp³-hybridized carbons (Fsp3) is 0.500. The minimum atomic E-state index is 0.450. The van der Waals surface area contributed by atoms with E-state index in [2.05, 4.69) is 10.3 Å². The summed E-state index contributed by atoms with van der Waals surface area (Å²) in [4.78, 5) is 4.17. The first-order chi connectivity index (χ1) is 6.74. The summed E-state index contributed by atoms with van der Waals surface area (Å²) >= 11 is 5.80. The van der Waals surface area contributed by atoms with Gasteiger partial charge in [0.25, 0.3) is 0 Å². The predicted octanol–water partition coefficient (Wildman–Crippen LogP) is 2.67. The Morgan fingerprint density at radius 1 is 1.36 bits per heavy atom. The molecule has 3 N–H and O–H groups in total. The highest BCUT2D eigenvalue weighted by atomic mass is 35.5. The molecule has 0 amide bonds. The van der Waals surface area contributed by atoms with Crippen molar-refractivity contribution in [1.29, 1.82) is 0 Å². The molecule has 0 saturated heterocycles. The molecule has 0 spiro atoms. The summed E-state index contributed by atoms with van der Waals surface area (Å²) in [5, 5.41) is 3.80. The van der Waals surface area contributed by atoms with E-state index in [4.69, 9.17) is 17.3 Å². The zero-order valence-corrected chi connectivity index (χ0v) is 8.72. The smallest absolute Gasteiger partial charge is 0.133 e. The number of halogens is 1. The van der Waals surface area contributed by atoms with E-state index in [1.54, 1.807) is 6.07 Å². The summed E-state index contributed by atoms with van der Waals surface area (Å²) in [6.45, 7) is 0. The number of nitrogens with zero attached hydrogens (tertiary/aromatic N) is 1. The number of nitrogens with one attached hydrogen (secondary N) is 1. The molecule has 1 heterocycles. The molecular weight excluding hydrogens is 198 g/mol. The van der Waals surface area contributed by atoms with Crippen LogP contribution in [-0.4, -0.2) is 11.0 Å². The molecule has 0 aliphatic heterocycles. The van der Waals surface area contributed by atoms with Gasteiger partial charge < -0.3 is 11.1 Å². The Morgan fingerprint density at radius 3 is 2.71 bits per heavy atom. The Hall–Kier alpha value is -0.960. The van der Waals surface area contributed by atoms with Crippen LogP contribution in [0.5, 0.6) is 0 Å². The van der Waals surface area contributed by atoms with E-state index < -0.39 is 0 Å². The van der Waals surface area contributed by atoms with Gasteiger partial charge in [0, 0.05) is 17.8 Å². The molecule has 1 saturated carbocycles. The van der Waals surface area contributed by atoms with E-state index in [9.17, 15) is 0 Å². The van der Waals surface area contributed by atoms with Crippen molar-refractivity contribution in [3.8, 4) is 0 Å². The molecule has 1 fully saturated rings. The second-order valence-corrected chi connectivity index (χ2v) is 4.12. The van der Waals surface area contributed by atoms with Crippen molar-refractivity contribution >= 4 is 23.1 Å². The maximum absolute atomic E-state index is 5.80. The van der Waals surface area contributed by atoms with Crippen molar-refractivity contribution in [3.05, 3.63) is 17.3 Å². The molecule has 0 radical (unpaired) electrons.